The molecule has 1 saturated heterocycles. The second-order valence-corrected chi connectivity index (χ2v) is 5.85. The van der Waals surface area contributed by atoms with Gasteiger partial charge < -0.3 is 19.3 Å². The second kappa shape index (κ2) is 6.10. The molecule has 0 aliphatic carbocycles. The van der Waals surface area contributed by atoms with Gasteiger partial charge in [-0.15, -0.1) is 0 Å². The summed E-state index contributed by atoms with van der Waals surface area (Å²) in [6, 6.07) is 10.1. The van der Waals surface area contributed by atoms with Crippen LogP contribution in [0, 0.1) is 0 Å². The van der Waals surface area contributed by atoms with Crippen molar-refractivity contribution < 1.29 is 14.4 Å². The standard InChI is InChI=1S/C17H22N2O3/c1-3-17(2,20)16-12-15(18-22-16)13-4-6-14(7-5-13)19-8-10-21-11-9-19/h4-7,12,20H,3,8-11H2,1-2H3. The van der Waals surface area contributed by atoms with Crippen LogP contribution in [0.5, 0.6) is 0 Å². The number of aromatic nitrogens is 1. The first kappa shape index (κ1) is 15.1. The molecular weight excluding hydrogens is 280 g/mol. The van der Waals surface area contributed by atoms with Crippen molar-refractivity contribution >= 4 is 5.69 Å². The average Bonchev–Trinajstić information content (AvgIpc) is 3.07. The molecule has 3 rings (SSSR count). The zero-order valence-electron chi connectivity index (χ0n) is 13.1. The van der Waals surface area contributed by atoms with Gasteiger partial charge in [0.1, 0.15) is 11.3 Å². The molecule has 1 aliphatic heterocycles. The monoisotopic (exact) mass is 302 g/mol. The highest BCUT2D eigenvalue weighted by Crippen LogP contribution is 2.29. The van der Waals surface area contributed by atoms with Crippen LogP contribution < -0.4 is 4.90 Å². The normalized spacial score (nSPS) is 18.2. The van der Waals surface area contributed by atoms with E-state index in [-0.39, 0.29) is 0 Å². The number of ether oxygens (including phenoxy) is 1. The van der Waals surface area contributed by atoms with Crippen molar-refractivity contribution in [2.24, 2.45) is 0 Å². The van der Waals surface area contributed by atoms with Gasteiger partial charge in [0, 0.05) is 30.4 Å². The minimum Gasteiger partial charge on any atom is -0.382 e. The van der Waals surface area contributed by atoms with Crippen LogP contribution in [0.25, 0.3) is 11.3 Å². The molecule has 0 amide bonds. The fourth-order valence-electron chi connectivity index (χ4n) is 2.50. The first-order chi connectivity index (χ1) is 10.6. The van der Waals surface area contributed by atoms with Crippen molar-refractivity contribution in [3.8, 4) is 11.3 Å². The highest BCUT2D eigenvalue weighted by Gasteiger charge is 2.26. The Morgan fingerprint density at radius 2 is 1.91 bits per heavy atom. The molecule has 1 aromatic carbocycles. The van der Waals surface area contributed by atoms with E-state index in [9.17, 15) is 5.11 Å². The fraction of sp³-hybridized carbons (Fsp3) is 0.471. The first-order valence-electron chi connectivity index (χ1n) is 7.73. The van der Waals surface area contributed by atoms with Crippen LogP contribution in [-0.4, -0.2) is 36.6 Å². The van der Waals surface area contributed by atoms with Gasteiger partial charge >= 0.3 is 0 Å². The Hall–Kier alpha value is -1.85. The quantitative estimate of drug-likeness (QED) is 0.941. The summed E-state index contributed by atoms with van der Waals surface area (Å²) in [5.74, 6) is 0.502. The number of anilines is 1. The molecule has 22 heavy (non-hydrogen) atoms. The predicted molar refractivity (Wildman–Crippen MR) is 84.8 cm³/mol. The van der Waals surface area contributed by atoms with Gasteiger partial charge in [-0.05, 0) is 25.5 Å². The van der Waals surface area contributed by atoms with Crippen molar-refractivity contribution in [1.29, 1.82) is 0 Å². The van der Waals surface area contributed by atoms with Gasteiger partial charge in [-0.3, -0.25) is 0 Å². The maximum atomic E-state index is 10.2. The van der Waals surface area contributed by atoms with Crippen molar-refractivity contribution in [3.63, 3.8) is 0 Å². The van der Waals surface area contributed by atoms with Crippen LogP contribution in [0.15, 0.2) is 34.9 Å². The molecule has 2 aromatic rings. The van der Waals surface area contributed by atoms with Crippen LogP contribution >= 0.6 is 0 Å². The third kappa shape index (κ3) is 3.00. The smallest absolute Gasteiger partial charge is 0.168 e. The number of morpholine rings is 1. The summed E-state index contributed by atoms with van der Waals surface area (Å²) >= 11 is 0. The van der Waals surface area contributed by atoms with E-state index in [4.69, 9.17) is 9.26 Å². The first-order valence-corrected chi connectivity index (χ1v) is 7.73. The Morgan fingerprint density at radius 1 is 1.23 bits per heavy atom. The zero-order valence-corrected chi connectivity index (χ0v) is 13.1. The highest BCUT2D eigenvalue weighted by molar-refractivity contribution is 5.63. The molecule has 1 aliphatic rings. The van der Waals surface area contributed by atoms with Gasteiger partial charge in [0.05, 0.1) is 13.2 Å². The van der Waals surface area contributed by atoms with Crippen LogP contribution in [0.4, 0.5) is 5.69 Å². The molecular formula is C17H22N2O3. The van der Waals surface area contributed by atoms with Gasteiger partial charge in [-0.2, -0.15) is 0 Å². The molecule has 0 radical (unpaired) electrons. The minimum atomic E-state index is -0.973. The zero-order chi connectivity index (χ0) is 15.6. The Labute approximate surface area is 130 Å². The molecule has 1 aromatic heterocycles. The van der Waals surface area contributed by atoms with E-state index in [1.165, 1.54) is 5.69 Å². The molecule has 118 valence electrons. The SMILES string of the molecule is CCC(C)(O)c1cc(-c2ccc(N3CCOCC3)cc2)no1. The van der Waals surface area contributed by atoms with E-state index in [0.29, 0.717) is 12.2 Å². The van der Waals surface area contributed by atoms with Crippen LogP contribution in [0.3, 0.4) is 0 Å². The van der Waals surface area contributed by atoms with E-state index >= 15 is 0 Å². The van der Waals surface area contributed by atoms with Crippen molar-refractivity contribution in [2.45, 2.75) is 25.9 Å². The van der Waals surface area contributed by atoms with Crippen molar-refractivity contribution in [1.82, 2.24) is 5.16 Å². The lowest BCUT2D eigenvalue weighted by atomic mass is 9.99. The van der Waals surface area contributed by atoms with E-state index in [1.54, 1.807) is 6.92 Å². The summed E-state index contributed by atoms with van der Waals surface area (Å²) < 4.78 is 10.7. The number of hydrogen-bond donors (Lipinski definition) is 1. The summed E-state index contributed by atoms with van der Waals surface area (Å²) in [5.41, 5.74) is 1.95. The van der Waals surface area contributed by atoms with Crippen molar-refractivity contribution in [3.05, 3.63) is 36.1 Å². The molecule has 0 spiro atoms. The second-order valence-electron chi connectivity index (χ2n) is 5.85. The van der Waals surface area contributed by atoms with Gasteiger partial charge in [0.15, 0.2) is 5.76 Å². The number of nitrogens with zero attached hydrogens (tertiary/aromatic N) is 2. The Morgan fingerprint density at radius 3 is 2.55 bits per heavy atom. The molecule has 1 atom stereocenters. The lowest BCUT2D eigenvalue weighted by Crippen LogP contribution is -2.36. The average molecular weight is 302 g/mol. The largest absolute Gasteiger partial charge is 0.382 e. The van der Waals surface area contributed by atoms with E-state index in [2.05, 4.69) is 22.2 Å². The van der Waals surface area contributed by atoms with Gasteiger partial charge in [-0.1, -0.05) is 24.2 Å². The topological polar surface area (TPSA) is 58.7 Å². The molecule has 2 heterocycles. The lowest BCUT2D eigenvalue weighted by Gasteiger charge is -2.28. The molecule has 1 unspecified atom stereocenters. The van der Waals surface area contributed by atoms with Gasteiger partial charge in [0.2, 0.25) is 0 Å². The number of hydrogen-bond acceptors (Lipinski definition) is 5. The van der Waals surface area contributed by atoms with Gasteiger partial charge in [-0.25, -0.2) is 0 Å². The van der Waals surface area contributed by atoms with E-state index < -0.39 is 5.60 Å². The molecule has 0 bridgehead atoms. The van der Waals surface area contributed by atoms with E-state index in [0.717, 1.165) is 37.6 Å². The maximum absolute atomic E-state index is 10.2. The van der Waals surface area contributed by atoms with E-state index in [1.807, 2.05) is 25.1 Å². The predicted octanol–water partition coefficient (Wildman–Crippen LogP) is 2.80. The number of benzene rings is 1. The Balaban J connectivity index is 1.78. The van der Waals surface area contributed by atoms with Crippen LogP contribution in [0.2, 0.25) is 0 Å². The summed E-state index contributed by atoms with van der Waals surface area (Å²) in [5, 5.41) is 14.3. The minimum absolute atomic E-state index is 0.502. The number of aliphatic hydroxyl groups is 1. The molecule has 5 nitrogen and oxygen atoms in total. The third-order valence-corrected chi connectivity index (χ3v) is 4.27. The lowest BCUT2D eigenvalue weighted by molar-refractivity contribution is 0.0244. The maximum Gasteiger partial charge on any atom is 0.168 e. The number of rotatable bonds is 4. The summed E-state index contributed by atoms with van der Waals surface area (Å²) in [7, 11) is 0. The Kier molecular flexibility index (Phi) is 4.18. The third-order valence-electron chi connectivity index (χ3n) is 4.27. The fourth-order valence-corrected chi connectivity index (χ4v) is 2.50. The summed E-state index contributed by atoms with van der Waals surface area (Å²) in [6.07, 6.45) is 0.581. The van der Waals surface area contributed by atoms with Crippen LogP contribution in [-0.2, 0) is 10.3 Å². The molecule has 1 fully saturated rings. The van der Waals surface area contributed by atoms with Gasteiger partial charge in [0.25, 0.3) is 0 Å². The Bertz CT molecular complexity index is 613. The molecule has 1 N–H and O–H groups in total. The summed E-state index contributed by atoms with van der Waals surface area (Å²) in [4.78, 5) is 2.31. The van der Waals surface area contributed by atoms with Crippen molar-refractivity contribution in [2.75, 3.05) is 31.2 Å². The molecule has 0 saturated carbocycles. The molecule has 5 heteroatoms. The highest BCUT2D eigenvalue weighted by atomic mass is 16.5. The van der Waals surface area contributed by atoms with Crippen LogP contribution in [0.1, 0.15) is 26.0 Å². The summed E-state index contributed by atoms with van der Waals surface area (Å²) in [6.45, 7) is 7.05.